The second kappa shape index (κ2) is 7.41. The molecule has 5 heteroatoms. The summed E-state index contributed by atoms with van der Waals surface area (Å²) >= 11 is 3.49. The largest absolute Gasteiger partial charge is 0.375 e. The van der Waals surface area contributed by atoms with E-state index in [2.05, 4.69) is 51.6 Å². The highest BCUT2D eigenvalue weighted by molar-refractivity contribution is 9.09. The fourth-order valence-corrected chi connectivity index (χ4v) is 2.97. The second-order valence-electron chi connectivity index (χ2n) is 5.14. The lowest BCUT2D eigenvalue weighted by atomic mass is 10.2. The van der Waals surface area contributed by atoms with Crippen LogP contribution in [0.1, 0.15) is 38.4 Å². The van der Waals surface area contributed by atoms with Crippen LogP contribution in [0.2, 0.25) is 0 Å². The van der Waals surface area contributed by atoms with E-state index in [9.17, 15) is 0 Å². The van der Waals surface area contributed by atoms with Crippen molar-refractivity contribution in [3.05, 3.63) is 18.0 Å². The van der Waals surface area contributed by atoms with Gasteiger partial charge in [0.1, 0.15) is 0 Å². The number of rotatable bonds is 6. The zero-order valence-electron chi connectivity index (χ0n) is 11.9. The molecule has 0 radical (unpaired) electrons. The molecule has 1 aliphatic heterocycles. The van der Waals surface area contributed by atoms with Crippen LogP contribution >= 0.6 is 15.9 Å². The molecule has 0 bridgehead atoms. The molecule has 1 fully saturated rings. The predicted molar refractivity (Wildman–Crippen MR) is 80.7 cm³/mol. The van der Waals surface area contributed by atoms with Gasteiger partial charge in [-0.1, -0.05) is 29.8 Å². The van der Waals surface area contributed by atoms with Crippen LogP contribution in [-0.2, 0) is 11.3 Å². The van der Waals surface area contributed by atoms with Gasteiger partial charge in [0.05, 0.1) is 24.4 Å². The standard InChI is InChI=1S/C14H24BrN3O/c1-3-13(4-2)18-6-5-12(16-18)10-17-7-8-19-14(9-15)11-17/h5-6,13-14H,3-4,7-11H2,1-2H3. The van der Waals surface area contributed by atoms with Crippen LogP contribution in [-0.4, -0.2) is 45.8 Å². The number of morpholine rings is 1. The lowest BCUT2D eigenvalue weighted by Gasteiger charge is -2.31. The summed E-state index contributed by atoms with van der Waals surface area (Å²) < 4.78 is 7.78. The zero-order chi connectivity index (χ0) is 13.7. The predicted octanol–water partition coefficient (Wildman–Crippen LogP) is 2.84. The molecule has 0 N–H and O–H groups in total. The van der Waals surface area contributed by atoms with E-state index in [0.717, 1.165) is 44.4 Å². The first-order valence-corrected chi connectivity index (χ1v) is 8.32. The Bertz CT molecular complexity index is 379. The van der Waals surface area contributed by atoms with E-state index in [1.807, 2.05) is 0 Å². The van der Waals surface area contributed by atoms with Gasteiger partial charge in [-0.05, 0) is 18.9 Å². The molecule has 108 valence electrons. The average Bonchev–Trinajstić information content (AvgIpc) is 2.89. The molecule has 19 heavy (non-hydrogen) atoms. The Morgan fingerprint density at radius 1 is 1.47 bits per heavy atom. The highest BCUT2D eigenvalue weighted by atomic mass is 79.9. The van der Waals surface area contributed by atoms with Gasteiger partial charge < -0.3 is 4.74 Å². The maximum atomic E-state index is 5.66. The van der Waals surface area contributed by atoms with Gasteiger partial charge in [-0.15, -0.1) is 0 Å². The molecule has 0 spiro atoms. The zero-order valence-corrected chi connectivity index (χ0v) is 13.5. The van der Waals surface area contributed by atoms with Crippen LogP contribution in [0.4, 0.5) is 0 Å². The molecule has 0 aliphatic carbocycles. The molecular formula is C14H24BrN3O. The Hall–Kier alpha value is -0.390. The number of aromatic nitrogens is 2. The first kappa shape index (κ1) is 15.0. The van der Waals surface area contributed by atoms with E-state index in [1.165, 1.54) is 5.69 Å². The molecule has 0 aromatic carbocycles. The number of nitrogens with zero attached hydrogens (tertiary/aromatic N) is 3. The summed E-state index contributed by atoms with van der Waals surface area (Å²) in [7, 11) is 0. The van der Waals surface area contributed by atoms with Crippen LogP contribution in [0, 0.1) is 0 Å². The van der Waals surface area contributed by atoms with E-state index in [0.29, 0.717) is 12.1 Å². The highest BCUT2D eigenvalue weighted by Crippen LogP contribution is 2.16. The van der Waals surface area contributed by atoms with Crippen LogP contribution in [0.25, 0.3) is 0 Å². The second-order valence-corrected chi connectivity index (χ2v) is 5.79. The van der Waals surface area contributed by atoms with Crippen molar-refractivity contribution in [2.45, 2.75) is 45.4 Å². The van der Waals surface area contributed by atoms with Gasteiger partial charge in [0.2, 0.25) is 0 Å². The Balaban J connectivity index is 1.92. The first-order chi connectivity index (χ1) is 9.26. The van der Waals surface area contributed by atoms with Crippen LogP contribution in [0.5, 0.6) is 0 Å². The summed E-state index contributed by atoms with van der Waals surface area (Å²) in [5.41, 5.74) is 1.17. The molecular weight excluding hydrogens is 306 g/mol. The molecule has 1 aromatic heterocycles. The monoisotopic (exact) mass is 329 g/mol. The van der Waals surface area contributed by atoms with Gasteiger partial charge in [-0.25, -0.2) is 0 Å². The maximum absolute atomic E-state index is 5.66. The molecule has 1 aromatic rings. The van der Waals surface area contributed by atoms with E-state index < -0.39 is 0 Å². The summed E-state index contributed by atoms with van der Waals surface area (Å²) in [6, 6.07) is 2.69. The van der Waals surface area contributed by atoms with Crippen molar-refractivity contribution in [2.24, 2.45) is 0 Å². The topological polar surface area (TPSA) is 30.3 Å². The fraction of sp³-hybridized carbons (Fsp3) is 0.786. The molecule has 0 saturated carbocycles. The molecule has 4 nitrogen and oxygen atoms in total. The third-order valence-corrected chi connectivity index (χ3v) is 4.48. The number of ether oxygens (including phenoxy) is 1. The van der Waals surface area contributed by atoms with E-state index in [1.54, 1.807) is 0 Å². The lowest BCUT2D eigenvalue weighted by molar-refractivity contribution is -0.0185. The Labute approximate surface area is 124 Å². The minimum absolute atomic E-state index is 0.315. The smallest absolute Gasteiger partial charge is 0.0799 e. The molecule has 0 amide bonds. The molecule has 2 heterocycles. The number of alkyl halides is 1. The van der Waals surface area contributed by atoms with E-state index >= 15 is 0 Å². The van der Waals surface area contributed by atoms with Crippen molar-refractivity contribution in [1.29, 1.82) is 0 Å². The van der Waals surface area contributed by atoms with Gasteiger partial charge in [-0.2, -0.15) is 5.10 Å². The maximum Gasteiger partial charge on any atom is 0.0799 e. The molecule has 1 atom stereocenters. The van der Waals surface area contributed by atoms with Crippen molar-refractivity contribution >= 4 is 15.9 Å². The van der Waals surface area contributed by atoms with Gasteiger partial charge in [-0.3, -0.25) is 9.58 Å². The molecule has 1 unspecified atom stereocenters. The summed E-state index contributed by atoms with van der Waals surface area (Å²) in [5, 5.41) is 5.63. The molecule has 1 aliphatic rings. The summed E-state index contributed by atoms with van der Waals surface area (Å²) in [4.78, 5) is 2.43. The number of hydrogen-bond donors (Lipinski definition) is 0. The van der Waals surface area contributed by atoms with Crippen molar-refractivity contribution in [2.75, 3.05) is 25.0 Å². The fourth-order valence-electron chi connectivity index (χ4n) is 2.57. The van der Waals surface area contributed by atoms with Crippen LogP contribution < -0.4 is 0 Å². The molecule has 1 saturated heterocycles. The minimum Gasteiger partial charge on any atom is -0.375 e. The SMILES string of the molecule is CCC(CC)n1ccc(CN2CCOC(CBr)C2)n1. The summed E-state index contributed by atoms with van der Waals surface area (Å²) in [6.07, 6.45) is 4.71. The quantitative estimate of drug-likeness (QED) is 0.752. The Morgan fingerprint density at radius 3 is 2.95 bits per heavy atom. The van der Waals surface area contributed by atoms with Gasteiger partial charge in [0.25, 0.3) is 0 Å². The third-order valence-electron chi connectivity index (χ3n) is 3.76. The lowest BCUT2D eigenvalue weighted by Crippen LogP contribution is -2.42. The summed E-state index contributed by atoms with van der Waals surface area (Å²) in [5.74, 6) is 0. The van der Waals surface area contributed by atoms with Gasteiger partial charge in [0, 0.05) is 31.2 Å². The average molecular weight is 330 g/mol. The Morgan fingerprint density at radius 2 is 2.26 bits per heavy atom. The van der Waals surface area contributed by atoms with Crippen molar-refractivity contribution in [1.82, 2.24) is 14.7 Å². The van der Waals surface area contributed by atoms with E-state index in [4.69, 9.17) is 9.84 Å². The van der Waals surface area contributed by atoms with Crippen LogP contribution in [0.3, 0.4) is 0 Å². The number of halogens is 1. The van der Waals surface area contributed by atoms with Crippen molar-refractivity contribution in [3.8, 4) is 0 Å². The Kier molecular flexibility index (Phi) is 5.85. The van der Waals surface area contributed by atoms with Crippen LogP contribution in [0.15, 0.2) is 12.3 Å². The third kappa shape index (κ3) is 4.04. The molecule has 2 rings (SSSR count). The number of hydrogen-bond acceptors (Lipinski definition) is 3. The van der Waals surface area contributed by atoms with Gasteiger partial charge >= 0.3 is 0 Å². The van der Waals surface area contributed by atoms with E-state index in [-0.39, 0.29) is 0 Å². The first-order valence-electron chi connectivity index (χ1n) is 7.20. The van der Waals surface area contributed by atoms with Gasteiger partial charge in [0.15, 0.2) is 0 Å². The normalized spacial score (nSPS) is 21.2. The summed E-state index contributed by atoms with van der Waals surface area (Å²) in [6.45, 7) is 8.18. The minimum atomic E-state index is 0.315. The highest BCUT2D eigenvalue weighted by Gasteiger charge is 2.20. The van der Waals surface area contributed by atoms with Crippen molar-refractivity contribution < 1.29 is 4.74 Å². The van der Waals surface area contributed by atoms with Crippen molar-refractivity contribution in [3.63, 3.8) is 0 Å².